The molecule has 1 aliphatic heterocycles. The maximum atomic E-state index is 13.1. The van der Waals surface area contributed by atoms with Crippen LogP contribution in [0.2, 0.25) is 0 Å². The average molecular weight is 379 g/mol. The van der Waals surface area contributed by atoms with Crippen molar-refractivity contribution in [1.82, 2.24) is 14.7 Å². The smallest absolute Gasteiger partial charge is 0.337 e. The predicted molar refractivity (Wildman–Crippen MR) is 96.3 cm³/mol. The Hall–Kier alpha value is -2.31. The molecule has 0 spiro atoms. The Morgan fingerprint density at radius 2 is 2.04 bits per heavy atom. The molecule has 1 aromatic carbocycles. The summed E-state index contributed by atoms with van der Waals surface area (Å²) < 4.78 is 41.1. The molecule has 1 aromatic heterocycles. The number of carbonyl (C=O) groups is 1. The molecule has 0 radical (unpaired) electrons. The molecule has 0 unspecified atom stereocenters. The minimum atomic E-state index is -4.33. The van der Waals surface area contributed by atoms with Gasteiger partial charge in [-0.25, -0.2) is 0 Å². The highest BCUT2D eigenvalue weighted by atomic mass is 19.4. The standard InChI is InChI=1S/C20H24F3N3O/c1-2-26-18(11-12-24-26)19(27)25-13-5-6-15(14-25)9-10-16-7-3-4-8-17(16)20(21,22)23/h3-4,7-8,11-12,15H,2,5-6,9-10,13-14H2,1H3/t15-/m1/s1. The number of aryl methyl sites for hydroxylation is 2. The summed E-state index contributed by atoms with van der Waals surface area (Å²) in [5.74, 6) is 0.164. The number of hydrogen-bond acceptors (Lipinski definition) is 2. The Kier molecular flexibility index (Phi) is 5.87. The summed E-state index contributed by atoms with van der Waals surface area (Å²) in [6.07, 6.45) is 0.109. The maximum Gasteiger partial charge on any atom is 0.416 e. The lowest BCUT2D eigenvalue weighted by atomic mass is 9.90. The predicted octanol–water partition coefficient (Wildman–Crippen LogP) is 4.41. The average Bonchev–Trinajstić information content (AvgIpc) is 3.14. The van der Waals surface area contributed by atoms with Gasteiger partial charge in [-0.05, 0) is 56.2 Å². The van der Waals surface area contributed by atoms with Crippen LogP contribution in [0.25, 0.3) is 0 Å². The molecule has 0 aliphatic carbocycles. The van der Waals surface area contributed by atoms with Crippen LogP contribution < -0.4 is 0 Å². The number of benzene rings is 1. The molecular weight excluding hydrogens is 355 g/mol. The van der Waals surface area contributed by atoms with Crippen LogP contribution in [-0.2, 0) is 19.1 Å². The molecule has 27 heavy (non-hydrogen) atoms. The van der Waals surface area contributed by atoms with Crippen molar-refractivity contribution < 1.29 is 18.0 Å². The molecule has 2 aromatic rings. The summed E-state index contributed by atoms with van der Waals surface area (Å²) in [6, 6.07) is 7.47. The summed E-state index contributed by atoms with van der Waals surface area (Å²) in [5, 5.41) is 4.14. The van der Waals surface area contributed by atoms with Gasteiger partial charge in [-0.2, -0.15) is 18.3 Å². The van der Waals surface area contributed by atoms with Crippen LogP contribution in [0.4, 0.5) is 13.2 Å². The summed E-state index contributed by atoms with van der Waals surface area (Å²) in [6.45, 7) is 3.83. The van der Waals surface area contributed by atoms with Crippen LogP contribution >= 0.6 is 0 Å². The van der Waals surface area contributed by atoms with E-state index in [4.69, 9.17) is 0 Å². The van der Waals surface area contributed by atoms with Gasteiger partial charge in [-0.15, -0.1) is 0 Å². The Labute approximate surface area is 157 Å². The Bertz CT molecular complexity index is 785. The maximum absolute atomic E-state index is 13.1. The summed E-state index contributed by atoms with van der Waals surface area (Å²) in [7, 11) is 0. The second kappa shape index (κ2) is 8.15. The SMILES string of the molecule is CCn1nccc1C(=O)N1CCC[C@H](CCc2ccccc2C(F)(F)F)C1. The van der Waals surface area contributed by atoms with Crippen molar-refractivity contribution in [1.29, 1.82) is 0 Å². The van der Waals surface area contributed by atoms with Crippen molar-refractivity contribution in [3.05, 3.63) is 53.3 Å². The second-order valence-corrected chi connectivity index (χ2v) is 6.99. The van der Waals surface area contributed by atoms with Crippen molar-refractivity contribution in [2.45, 2.75) is 45.3 Å². The van der Waals surface area contributed by atoms with Crippen LogP contribution in [0.5, 0.6) is 0 Å². The lowest BCUT2D eigenvalue weighted by Crippen LogP contribution is -2.40. The summed E-state index contributed by atoms with van der Waals surface area (Å²) >= 11 is 0. The highest BCUT2D eigenvalue weighted by molar-refractivity contribution is 5.92. The van der Waals surface area contributed by atoms with E-state index in [-0.39, 0.29) is 11.8 Å². The van der Waals surface area contributed by atoms with Gasteiger partial charge in [0.25, 0.3) is 5.91 Å². The number of aromatic nitrogens is 2. The zero-order valence-corrected chi connectivity index (χ0v) is 15.4. The van der Waals surface area contributed by atoms with E-state index >= 15 is 0 Å². The molecule has 7 heteroatoms. The second-order valence-electron chi connectivity index (χ2n) is 6.99. The van der Waals surface area contributed by atoms with E-state index in [1.165, 1.54) is 6.07 Å². The van der Waals surface area contributed by atoms with Gasteiger partial charge < -0.3 is 4.90 Å². The fraction of sp³-hybridized carbons (Fsp3) is 0.500. The van der Waals surface area contributed by atoms with Crippen LogP contribution in [-0.4, -0.2) is 33.7 Å². The Morgan fingerprint density at radius 1 is 1.26 bits per heavy atom. The monoisotopic (exact) mass is 379 g/mol. The quantitative estimate of drug-likeness (QED) is 0.772. The molecular formula is C20H24F3N3O. The van der Waals surface area contributed by atoms with E-state index in [2.05, 4.69) is 5.10 Å². The lowest BCUT2D eigenvalue weighted by Gasteiger charge is -2.33. The minimum Gasteiger partial charge on any atom is -0.337 e. The van der Waals surface area contributed by atoms with Crippen molar-refractivity contribution in [2.24, 2.45) is 5.92 Å². The van der Waals surface area contributed by atoms with E-state index in [9.17, 15) is 18.0 Å². The van der Waals surface area contributed by atoms with Gasteiger partial charge >= 0.3 is 6.18 Å². The number of rotatable bonds is 5. The van der Waals surface area contributed by atoms with Crippen LogP contribution in [0, 0.1) is 5.92 Å². The normalized spacial score (nSPS) is 17.9. The number of piperidine rings is 1. The first-order chi connectivity index (χ1) is 12.9. The minimum absolute atomic E-state index is 0.0465. The van der Waals surface area contributed by atoms with Gasteiger partial charge in [-0.3, -0.25) is 9.48 Å². The van der Waals surface area contributed by atoms with Crippen molar-refractivity contribution >= 4 is 5.91 Å². The fourth-order valence-corrected chi connectivity index (χ4v) is 3.79. The van der Waals surface area contributed by atoms with Crippen LogP contribution in [0.3, 0.4) is 0 Å². The molecule has 1 aliphatic rings. The molecule has 0 bridgehead atoms. The van der Waals surface area contributed by atoms with Gasteiger partial charge in [0.15, 0.2) is 0 Å². The van der Waals surface area contributed by atoms with E-state index in [1.807, 2.05) is 11.8 Å². The molecule has 1 atom stereocenters. The fourth-order valence-electron chi connectivity index (χ4n) is 3.79. The Balaban J connectivity index is 1.64. The van der Waals surface area contributed by atoms with E-state index < -0.39 is 11.7 Å². The van der Waals surface area contributed by atoms with Gasteiger partial charge in [0, 0.05) is 25.8 Å². The third-order valence-electron chi connectivity index (χ3n) is 5.19. The van der Waals surface area contributed by atoms with Crippen molar-refractivity contribution in [3.8, 4) is 0 Å². The molecule has 1 amide bonds. The molecule has 0 saturated carbocycles. The highest BCUT2D eigenvalue weighted by Gasteiger charge is 2.33. The van der Waals surface area contributed by atoms with Gasteiger partial charge in [0.05, 0.1) is 5.56 Å². The number of carbonyl (C=O) groups excluding carboxylic acids is 1. The zero-order valence-electron chi connectivity index (χ0n) is 15.4. The number of amides is 1. The molecule has 4 nitrogen and oxygen atoms in total. The van der Waals surface area contributed by atoms with E-state index in [0.717, 1.165) is 18.9 Å². The van der Waals surface area contributed by atoms with Gasteiger partial charge in [0.1, 0.15) is 5.69 Å². The first kappa shape index (κ1) is 19.5. The van der Waals surface area contributed by atoms with Crippen molar-refractivity contribution in [2.75, 3.05) is 13.1 Å². The first-order valence-corrected chi connectivity index (χ1v) is 9.36. The van der Waals surface area contributed by atoms with E-state index in [0.29, 0.717) is 43.7 Å². The summed E-state index contributed by atoms with van der Waals surface area (Å²) in [5.41, 5.74) is 0.346. The lowest BCUT2D eigenvalue weighted by molar-refractivity contribution is -0.138. The largest absolute Gasteiger partial charge is 0.416 e. The number of likely N-dealkylation sites (tertiary alicyclic amines) is 1. The van der Waals surface area contributed by atoms with Gasteiger partial charge in [0.2, 0.25) is 0 Å². The number of nitrogens with zero attached hydrogens (tertiary/aromatic N) is 3. The molecule has 2 heterocycles. The van der Waals surface area contributed by atoms with Gasteiger partial charge in [-0.1, -0.05) is 18.2 Å². The molecule has 3 rings (SSSR count). The number of hydrogen-bond donors (Lipinski definition) is 0. The topological polar surface area (TPSA) is 38.1 Å². The highest BCUT2D eigenvalue weighted by Crippen LogP contribution is 2.33. The summed E-state index contributed by atoms with van der Waals surface area (Å²) in [4.78, 5) is 14.6. The van der Waals surface area contributed by atoms with E-state index in [1.54, 1.807) is 29.1 Å². The number of halogens is 3. The molecule has 1 fully saturated rings. The molecule has 146 valence electrons. The van der Waals surface area contributed by atoms with Crippen molar-refractivity contribution in [3.63, 3.8) is 0 Å². The number of alkyl halides is 3. The van der Waals surface area contributed by atoms with Crippen LogP contribution in [0.15, 0.2) is 36.5 Å². The molecule has 1 saturated heterocycles. The zero-order chi connectivity index (χ0) is 19.4. The molecule has 0 N–H and O–H groups in total. The first-order valence-electron chi connectivity index (χ1n) is 9.36. The third kappa shape index (κ3) is 4.51. The Morgan fingerprint density at radius 3 is 2.78 bits per heavy atom. The third-order valence-corrected chi connectivity index (χ3v) is 5.19. The van der Waals surface area contributed by atoms with Crippen LogP contribution in [0.1, 0.15) is 47.8 Å².